The Labute approximate surface area is 73.1 Å². The fraction of sp³-hybridized carbons (Fsp3) is 0.167. The number of rotatable bonds is 1. The number of nitrogen functional groups attached to an aromatic ring is 2. The van der Waals surface area contributed by atoms with Crippen molar-refractivity contribution in [3.05, 3.63) is 0 Å². The Morgan fingerprint density at radius 3 is 2.69 bits per heavy atom. The van der Waals surface area contributed by atoms with E-state index in [1.807, 2.05) is 0 Å². The SMILES string of the molecule is COc1nc2c(N)nc(N)nc2[nH]1. The van der Waals surface area contributed by atoms with Crippen LogP contribution in [0.5, 0.6) is 6.01 Å². The smallest absolute Gasteiger partial charge is 0.295 e. The summed E-state index contributed by atoms with van der Waals surface area (Å²) in [5.74, 6) is 0.346. The van der Waals surface area contributed by atoms with Gasteiger partial charge in [-0.25, -0.2) is 0 Å². The predicted octanol–water partition coefficient (Wildman–Crippen LogP) is -0.474. The highest BCUT2D eigenvalue weighted by Crippen LogP contribution is 2.18. The van der Waals surface area contributed by atoms with Crippen LogP contribution in [0.15, 0.2) is 0 Å². The van der Waals surface area contributed by atoms with Crippen molar-refractivity contribution in [2.45, 2.75) is 0 Å². The molecular weight excluding hydrogens is 172 g/mol. The minimum absolute atomic E-state index is 0.108. The van der Waals surface area contributed by atoms with Gasteiger partial charge in [-0.15, -0.1) is 0 Å². The lowest BCUT2D eigenvalue weighted by Gasteiger charge is -1.93. The van der Waals surface area contributed by atoms with Gasteiger partial charge in [-0.1, -0.05) is 0 Å². The molecule has 7 heteroatoms. The fourth-order valence-corrected chi connectivity index (χ4v) is 1.02. The van der Waals surface area contributed by atoms with Crippen molar-refractivity contribution in [3.8, 4) is 6.01 Å². The molecule has 0 aliphatic rings. The van der Waals surface area contributed by atoms with Gasteiger partial charge in [0.1, 0.15) is 0 Å². The maximum Gasteiger partial charge on any atom is 0.295 e. The minimum atomic E-state index is 0.108. The quantitative estimate of drug-likeness (QED) is 0.546. The molecular formula is C6H8N6O. The van der Waals surface area contributed by atoms with Crippen LogP contribution in [0.4, 0.5) is 11.8 Å². The lowest BCUT2D eigenvalue weighted by atomic mass is 10.5. The summed E-state index contributed by atoms with van der Waals surface area (Å²) >= 11 is 0. The molecule has 2 rings (SSSR count). The molecule has 7 nitrogen and oxygen atoms in total. The van der Waals surface area contributed by atoms with Gasteiger partial charge >= 0.3 is 0 Å². The number of nitrogens with two attached hydrogens (primary N) is 2. The fourth-order valence-electron chi connectivity index (χ4n) is 1.02. The highest BCUT2D eigenvalue weighted by molar-refractivity contribution is 5.82. The first-order valence-corrected chi connectivity index (χ1v) is 3.53. The predicted molar refractivity (Wildman–Crippen MR) is 47.1 cm³/mol. The number of ether oxygens (including phenoxy) is 1. The number of nitrogens with zero attached hydrogens (tertiary/aromatic N) is 3. The summed E-state index contributed by atoms with van der Waals surface area (Å²) in [7, 11) is 1.49. The van der Waals surface area contributed by atoms with E-state index < -0.39 is 0 Å². The van der Waals surface area contributed by atoms with Gasteiger partial charge in [0.2, 0.25) is 5.95 Å². The number of anilines is 2. The summed E-state index contributed by atoms with van der Waals surface area (Å²) in [6.45, 7) is 0. The summed E-state index contributed by atoms with van der Waals surface area (Å²) < 4.78 is 4.86. The Kier molecular flexibility index (Phi) is 1.44. The molecule has 0 unspecified atom stereocenters. The topological polar surface area (TPSA) is 116 Å². The van der Waals surface area contributed by atoms with Crippen molar-refractivity contribution in [3.63, 3.8) is 0 Å². The standard InChI is InChI=1S/C6H8N6O/c1-13-6-9-2-3(7)10-5(8)11-4(2)12-6/h1H3,(H5,7,8,9,10,11,12). The summed E-state index contributed by atoms with van der Waals surface area (Å²) in [6.07, 6.45) is 0. The van der Waals surface area contributed by atoms with Crippen LogP contribution < -0.4 is 16.2 Å². The van der Waals surface area contributed by atoms with E-state index in [0.29, 0.717) is 17.2 Å². The molecule has 13 heavy (non-hydrogen) atoms. The van der Waals surface area contributed by atoms with E-state index >= 15 is 0 Å². The molecule has 0 saturated heterocycles. The molecule has 2 aromatic heterocycles. The minimum Gasteiger partial charge on any atom is -0.468 e. The van der Waals surface area contributed by atoms with Crippen LogP contribution in [0.25, 0.3) is 11.2 Å². The van der Waals surface area contributed by atoms with Gasteiger partial charge in [0.05, 0.1) is 7.11 Å². The van der Waals surface area contributed by atoms with Crippen LogP contribution in [0.3, 0.4) is 0 Å². The molecule has 0 aromatic carbocycles. The number of methoxy groups -OCH3 is 1. The molecule has 0 amide bonds. The van der Waals surface area contributed by atoms with Crippen molar-refractivity contribution in [1.82, 2.24) is 19.9 Å². The van der Waals surface area contributed by atoms with E-state index in [9.17, 15) is 0 Å². The summed E-state index contributed by atoms with van der Waals surface area (Å²) in [5, 5.41) is 0. The van der Waals surface area contributed by atoms with Crippen LogP contribution in [-0.4, -0.2) is 27.0 Å². The van der Waals surface area contributed by atoms with Gasteiger partial charge in [-0.2, -0.15) is 15.0 Å². The van der Waals surface area contributed by atoms with E-state index in [1.54, 1.807) is 0 Å². The zero-order chi connectivity index (χ0) is 9.42. The highest BCUT2D eigenvalue weighted by Gasteiger charge is 2.08. The Morgan fingerprint density at radius 1 is 1.23 bits per heavy atom. The largest absolute Gasteiger partial charge is 0.468 e. The first-order chi connectivity index (χ1) is 6.20. The molecule has 0 bridgehead atoms. The number of nitrogens with one attached hydrogen (secondary N) is 1. The van der Waals surface area contributed by atoms with Crippen molar-refractivity contribution < 1.29 is 4.74 Å². The maximum atomic E-state index is 5.56. The van der Waals surface area contributed by atoms with Gasteiger partial charge in [-0.3, -0.25) is 4.98 Å². The van der Waals surface area contributed by atoms with Crippen LogP contribution in [0.1, 0.15) is 0 Å². The summed E-state index contributed by atoms with van der Waals surface area (Å²) in [5.41, 5.74) is 11.9. The zero-order valence-corrected chi connectivity index (χ0v) is 6.90. The monoisotopic (exact) mass is 180 g/mol. The second-order valence-electron chi connectivity index (χ2n) is 2.41. The third-order valence-electron chi connectivity index (χ3n) is 1.56. The molecule has 0 atom stereocenters. The van der Waals surface area contributed by atoms with Gasteiger partial charge in [0.15, 0.2) is 17.0 Å². The lowest BCUT2D eigenvalue weighted by molar-refractivity contribution is 0.386. The molecule has 0 aliphatic heterocycles. The van der Waals surface area contributed by atoms with Gasteiger partial charge in [0.25, 0.3) is 6.01 Å². The first-order valence-electron chi connectivity index (χ1n) is 3.53. The van der Waals surface area contributed by atoms with Crippen molar-refractivity contribution in [2.24, 2.45) is 0 Å². The van der Waals surface area contributed by atoms with Gasteiger partial charge < -0.3 is 16.2 Å². The van der Waals surface area contributed by atoms with Crippen LogP contribution in [-0.2, 0) is 0 Å². The Balaban J connectivity index is 2.75. The highest BCUT2D eigenvalue weighted by atomic mass is 16.5. The molecule has 0 spiro atoms. The summed E-state index contributed by atoms with van der Waals surface area (Å²) in [6, 6.07) is 0.335. The van der Waals surface area contributed by atoms with Crippen molar-refractivity contribution in [2.75, 3.05) is 18.6 Å². The summed E-state index contributed by atoms with van der Waals surface area (Å²) in [4.78, 5) is 14.4. The number of imidazole rings is 1. The Bertz CT molecular complexity index is 450. The van der Waals surface area contributed by atoms with Crippen LogP contribution in [0, 0.1) is 0 Å². The molecule has 0 radical (unpaired) electrons. The van der Waals surface area contributed by atoms with Crippen LogP contribution in [0.2, 0.25) is 0 Å². The van der Waals surface area contributed by atoms with Crippen molar-refractivity contribution >= 4 is 22.9 Å². The second kappa shape index (κ2) is 2.47. The van der Waals surface area contributed by atoms with E-state index in [2.05, 4.69) is 19.9 Å². The molecule has 68 valence electrons. The number of hydrogen-bond donors (Lipinski definition) is 3. The number of aromatic nitrogens is 4. The molecule has 5 N–H and O–H groups in total. The van der Waals surface area contributed by atoms with Gasteiger partial charge in [-0.05, 0) is 0 Å². The number of hydrogen-bond acceptors (Lipinski definition) is 6. The van der Waals surface area contributed by atoms with Gasteiger partial charge in [0, 0.05) is 0 Å². The molecule has 0 fully saturated rings. The van der Waals surface area contributed by atoms with E-state index in [4.69, 9.17) is 16.2 Å². The number of fused-ring (bicyclic) bond motifs is 1. The van der Waals surface area contributed by atoms with E-state index in [1.165, 1.54) is 7.11 Å². The van der Waals surface area contributed by atoms with Crippen molar-refractivity contribution in [1.29, 1.82) is 0 Å². The molecule has 2 aromatic rings. The normalized spacial score (nSPS) is 10.5. The van der Waals surface area contributed by atoms with Crippen LogP contribution >= 0.6 is 0 Å². The molecule has 2 heterocycles. The number of H-pyrrole nitrogens is 1. The average Bonchev–Trinajstić information content (AvgIpc) is 2.47. The van der Waals surface area contributed by atoms with E-state index in [-0.39, 0.29) is 11.8 Å². The number of aromatic amines is 1. The third-order valence-corrected chi connectivity index (χ3v) is 1.56. The molecule has 0 saturated carbocycles. The second-order valence-corrected chi connectivity index (χ2v) is 2.41. The lowest BCUT2D eigenvalue weighted by Crippen LogP contribution is -1.99. The Morgan fingerprint density at radius 2 is 2.00 bits per heavy atom. The average molecular weight is 180 g/mol. The van der Waals surface area contributed by atoms with E-state index in [0.717, 1.165) is 0 Å². The third kappa shape index (κ3) is 1.10. The Hall–Kier alpha value is -2.05. The zero-order valence-electron chi connectivity index (χ0n) is 6.90. The maximum absolute atomic E-state index is 5.56. The molecule has 0 aliphatic carbocycles. The first kappa shape index (κ1) is 7.59.